The second kappa shape index (κ2) is 10.4. The number of nitrogens with zero attached hydrogens (tertiary/aromatic N) is 2. The van der Waals surface area contributed by atoms with E-state index in [0.717, 1.165) is 14.3 Å². The van der Waals surface area contributed by atoms with E-state index < -0.39 is 28.5 Å². The van der Waals surface area contributed by atoms with Crippen molar-refractivity contribution < 1.29 is 18.0 Å². The fourth-order valence-corrected chi connectivity index (χ4v) is 4.47. The van der Waals surface area contributed by atoms with Crippen LogP contribution in [-0.4, -0.2) is 56.1 Å². The zero-order valence-corrected chi connectivity index (χ0v) is 20.0. The minimum absolute atomic E-state index is 0.0279. The molecule has 0 aliphatic rings. The van der Waals surface area contributed by atoms with Crippen LogP contribution in [0.3, 0.4) is 0 Å². The van der Waals surface area contributed by atoms with Crippen molar-refractivity contribution in [3.8, 4) is 0 Å². The molecule has 0 spiro atoms. The number of sulfonamides is 1. The molecule has 1 atom stereocenters. The molecule has 2 aromatic carbocycles. The van der Waals surface area contributed by atoms with Crippen LogP contribution >= 0.6 is 27.5 Å². The van der Waals surface area contributed by atoms with Gasteiger partial charge in [0, 0.05) is 30.1 Å². The lowest BCUT2D eigenvalue weighted by molar-refractivity contribution is -0.140. The lowest BCUT2D eigenvalue weighted by Crippen LogP contribution is -2.50. The van der Waals surface area contributed by atoms with Crippen LogP contribution in [0.15, 0.2) is 57.9 Å². The number of nitrogens with one attached hydrogen (secondary N) is 1. The highest BCUT2D eigenvalue weighted by atomic mass is 79.9. The average molecular weight is 517 g/mol. The van der Waals surface area contributed by atoms with Crippen LogP contribution in [0, 0.1) is 0 Å². The van der Waals surface area contributed by atoms with Crippen LogP contribution in [0.25, 0.3) is 0 Å². The van der Waals surface area contributed by atoms with Gasteiger partial charge in [-0.15, -0.1) is 0 Å². The molecule has 10 heteroatoms. The molecular weight excluding hydrogens is 494 g/mol. The van der Waals surface area contributed by atoms with E-state index in [0.29, 0.717) is 5.02 Å². The number of halogens is 2. The SMILES string of the molecule is CNC(=O)C(C)N(Cc1cccc(Br)c1)C(=O)CN(C)S(=O)(=O)c1ccc(Cl)cc1. The van der Waals surface area contributed by atoms with E-state index >= 15 is 0 Å². The summed E-state index contributed by atoms with van der Waals surface area (Å²) in [7, 11) is -1.09. The average Bonchev–Trinajstić information content (AvgIpc) is 2.71. The number of rotatable bonds is 8. The third-order valence-electron chi connectivity index (χ3n) is 4.54. The first-order chi connectivity index (χ1) is 14.1. The maximum absolute atomic E-state index is 13.0. The second-order valence-electron chi connectivity index (χ2n) is 6.66. The summed E-state index contributed by atoms with van der Waals surface area (Å²) < 4.78 is 27.4. The highest BCUT2D eigenvalue weighted by molar-refractivity contribution is 9.10. The molecule has 0 radical (unpaired) electrons. The van der Waals surface area contributed by atoms with Crippen LogP contribution < -0.4 is 5.32 Å². The van der Waals surface area contributed by atoms with Crippen molar-refractivity contribution in [1.82, 2.24) is 14.5 Å². The van der Waals surface area contributed by atoms with Gasteiger partial charge in [0.2, 0.25) is 21.8 Å². The third kappa shape index (κ3) is 6.04. The van der Waals surface area contributed by atoms with Gasteiger partial charge < -0.3 is 10.2 Å². The number of carbonyl (C=O) groups is 2. The lowest BCUT2D eigenvalue weighted by atomic mass is 10.1. The monoisotopic (exact) mass is 515 g/mol. The molecule has 2 amide bonds. The maximum atomic E-state index is 13.0. The molecule has 1 N–H and O–H groups in total. The van der Waals surface area contributed by atoms with Crippen LogP contribution in [-0.2, 0) is 26.2 Å². The molecule has 0 saturated carbocycles. The van der Waals surface area contributed by atoms with Crippen molar-refractivity contribution in [3.63, 3.8) is 0 Å². The van der Waals surface area contributed by atoms with Gasteiger partial charge in [-0.25, -0.2) is 8.42 Å². The maximum Gasteiger partial charge on any atom is 0.243 e. The first-order valence-electron chi connectivity index (χ1n) is 9.03. The lowest BCUT2D eigenvalue weighted by Gasteiger charge is -2.30. The van der Waals surface area contributed by atoms with E-state index in [1.54, 1.807) is 6.92 Å². The summed E-state index contributed by atoms with van der Waals surface area (Å²) >= 11 is 9.21. The number of benzene rings is 2. The zero-order valence-electron chi connectivity index (χ0n) is 16.8. The molecular formula is C20H23BrClN3O4S. The molecule has 0 aromatic heterocycles. The molecule has 0 heterocycles. The summed E-state index contributed by atoms with van der Waals surface area (Å²) in [4.78, 5) is 26.6. The number of amides is 2. The van der Waals surface area contributed by atoms with Gasteiger partial charge in [0.15, 0.2) is 0 Å². The Kier molecular flexibility index (Phi) is 8.42. The van der Waals surface area contributed by atoms with Crippen molar-refractivity contribution in [2.75, 3.05) is 20.6 Å². The van der Waals surface area contributed by atoms with Gasteiger partial charge in [-0.05, 0) is 48.9 Å². The van der Waals surface area contributed by atoms with Gasteiger partial charge in [0.05, 0.1) is 11.4 Å². The fraction of sp³-hybridized carbons (Fsp3) is 0.300. The number of hydrogen-bond acceptors (Lipinski definition) is 4. The molecule has 2 aromatic rings. The van der Waals surface area contributed by atoms with Crippen molar-refractivity contribution in [3.05, 3.63) is 63.6 Å². The Balaban J connectivity index is 2.26. The molecule has 162 valence electrons. The molecule has 0 fully saturated rings. The zero-order chi connectivity index (χ0) is 22.5. The van der Waals surface area contributed by atoms with Gasteiger partial charge in [-0.3, -0.25) is 9.59 Å². The van der Waals surface area contributed by atoms with Crippen LogP contribution in [0.5, 0.6) is 0 Å². The Labute approximate surface area is 190 Å². The van der Waals surface area contributed by atoms with E-state index in [2.05, 4.69) is 21.2 Å². The molecule has 0 aliphatic carbocycles. The van der Waals surface area contributed by atoms with E-state index in [1.165, 1.54) is 43.3 Å². The van der Waals surface area contributed by atoms with Gasteiger partial charge in [0.25, 0.3) is 0 Å². The molecule has 7 nitrogen and oxygen atoms in total. The number of hydrogen-bond donors (Lipinski definition) is 1. The summed E-state index contributed by atoms with van der Waals surface area (Å²) in [6.45, 7) is 1.34. The van der Waals surface area contributed by atoms with E-state index in [1.807, 2.05) is 24.3 Å². The molecule has 30 heavy (non-hydrogen) atoms. The summed E-state index contributed by atoms with van der Waals surface area (Å²) in [6.07, 6.45) is 0. The fourth-order valence-electron chi connectivity index (χ4n) is 2.78. The number of carbonyl (C=O) groups excluding carboxylic acids is 2. The Morgan fingerprint density at radius 1 is 1.17 bits per heavy atom. The van der Waals surface area contributed by atoms with Gasteiger partial charge in [0.1, 0.15) is 6.04 Å². The summed E-state index contributed by atoms with van der Waals surface area (Å²) in [5, 5.41) is 2.94. The first kappa shape index (κ1) is 24.3. The predicted octanol–water partition coefficient (Wildman–Crippen LogP) is 2.89. The molecule has 2 rings (SSSR count). The minimum Gasteiger partial charge on any atom is -0.357 e. The van der Waals surface area contributed by atoms with E-state index in [-0.39, 0.29) is 17.3 Å². The van der Waals surface area contributed by atoms with E-state index in [9.17, 15) is 18.0 Å². The topological polar surface area (TPSA) is 86.8 Å². The standard InChI is InChI=1S/C20H23BrClN3O4S/c1-14(20(27)23-2)25(12-15-5-4-6-16(21)11-15)19(26)13-24(3)30(28,29)18-9-7-17(22)8-10-18/h4-11,14H,12-13H2,1-3H3,(H,23,27). The second-order valence-corrected chi connectivity index (χ2v) is 10.1. The molecule has 0 saturated heterocycles. The first-order valence-corrected chi connectivity index (χ1v) is 11.6. The van der Waals surface area contributed by atoms with Crippen LogP contribution in [0.1, 0.15) is 12.5 Å². The van der Waals surface area contributed by atoms with Gasteiger partial charge in [-0.2, -0.15) is 4.31 Å². The van der Waals surface area contributed by atoms with Crippen molar-refractivity contribution >= 4 is 49.4 Å². The van der Waals surface area contributed by atoms with Crippen molar-refractivity contribution in [1.29, 1.82) is 0 Å². The summed E-state index contributed by atoms with van der Waals surface area (Å²) in [6, 6.07) is 12.3. The quantitative estimate of drug-likeness (QED) is 0.584. The highest BCUT2D eigenvalue weighted by Gasteiger charge is 2.29. The normalized spacial score (nSPS) is 12.5. The van der Waals surface area contributed by atoms with E-state index in [4.69, 9.17) is 11.6 Å². The highest BCUT2D eigenvalue weighted by Crippen LogP contribution is 2.19. The Bertz CT molecular complexity index is 1010. The van der Waals surface area contributed by atoms with Gasteiger partial charge >= 0.3 is 0 Å². The van der Waals surface area contributed by atoms with Crippen molar-refractivity contribution in [2.45, 2.75) is 24.4 Å². The molecule has 0 bridgehead atoms. The van der Waals surface area contributed by atoms with Gasteiger partial charge in [-0.1, -0.05) is 39.7 Å². The molecule has 1 unspecified atom stereocenters. The van der Waals surface area contributed by atoms with Crippen LogP contribution in [0.2, 0.25) is 5.02 Å². The Morgan fingerprint density at radius 2 is 1.80 bits per heavy atom. The van der Waals surface area contributed by atoms with Crippen LogP contribution in [0.4, 0.5) is 0 Å². The Hall–Kier alpha value is -1.94. The largest absolute Gasteiger partial charge is 0.357 e. The Morgan fingerprint density at radius 3 is 2.37 bits per heavy atom. The summed E-state index contributed by atoms with van der Waals surface area (Å²) in [5.74, 6) is -0.840. The predicted molar refractivity (Wildman–Crippen MR) is 119 cm³/mol. The summed E-state index contributed by atoms with van der Waals surface area (Å²) in [5.41, 5.74) is 0.802. The molecule has 0 aliphatic heterocycles. The minimum atomic E-state index is -3.90. The smallest absolute Gasteiger partial charge is 0.243 e. The third-order valence-corrected chi connectivity index (χ3v) is 7.10. The number of likely N-dealkylation sites (N-methyl/N-ethyl adjacent to an activating group) is 2. The van der Waals surface area contributed by atoms with Crippen molar-refractivity contribution in [2.24, 2.45) is 0 Å².